The maximum atomic E-state index is 14.7. The summed E-state index contributed by atoms with van der Waals surface area (Å²) in [7, 11) is -1.66. The average Bonchev–Trinajstić information content (AvgIpc) is 2.84. The lowest BCUT2D eigenvalue weighted by Gasteiger charge is -2.34. The van der Waals surface area contributed by atoms with Gasteiger partial charge >= 0.3 is 6.09 Å². The molecule has 200 valence electrons. The van der Waals surface area contributed by atoms with Gasteiger partial charge in [-0.2, -0.15) is 0 Å². The standard InChI is InChI=1S/C26H25F3N4O4S/c1-13-7-14(9-15(8-13)31-26(35)36)17-5-6-30-12-22(17)33-25(34)21-4-3-18(27)24(32-21)23-19(28)10-16(38(2)37)11-20(23)29/h3-6,10-15,31H,7-9H2,1-2H3,(H,33,34)(H,35,36)/t13-,14+,15?,38-/m0/s1. The molecule has 0 spiro atoms. The largest absolute Gasteiger partial charge is 0.465 e. The maximum absolute atomic E-state index is 14.7. The number of carbonyl (C=O) groups is 2. The molecule has 1 aromatic carbocycles. The molecule has 0 aliphatic heterocycles. The van der Waals surface area contributed by atoms with Crippen LogP contribution < -0.4 is 10.6 Å². The number of hydrogen-bond acceptors (Lipinski definition) is 5. The number of nitrogens with one attached hydrogen (secondary N) is 2. The van der Waals surface area contributed by atoms with Gasteiger partial charge in [0.2, 0.25) is 0 Å². The number of carbonyl (C=O) groups excluding carboxylic acids is 1. The zero-order valence-corrected chi connectivity index (χ0v) is 21.3. The van der Waals surface area contributed by atoms with Gasteiger partial charge in [0.25, 0.3) is 5.91 Å². The molecule has 4 atom stereocenters. The molecule has 1 fully saturated rings. The number of anilines is 1. The molecule has 2 aromatic heterocycles. The Labute approximate surface area is 219 Å². The van der Waals surface area contributed by atoms with Gasteiger partial charge in [0.1, 0.15) is 28.8 Å². The number of hydrogen-bond donors (Lipinski definition) is 3. The van der Waals surface area contributed by atoms with Crippen LogP contribution >= 0.6 is 0 Å². The molecule has 2 amide bonds. The lowest BCUT2D eigenvalue weighted by Crippen LogP contribution is -2.39. The summed E-state index contributed by atoms with van der Waals surface area (Å²) in [6.45, 7) is 2.02. The molecule has 3 aromatic rings. The molecular formula is C26H25F3N4O4S. The van der Waals surface area contributed by atoms with Crippen molar-refractivity contribution in [2.75, 3.05) is 11.6 Å². The first-order valence-electron chi connectivity index (χ1n) is 11.8. The Kier molecular flexibility index (Phi) is 8.10. The van der Waals surface area contributed by atoms with E-state index in [1.54, 1.807) is 12.3 Å². The molecule has 1 saturated carbocycles. The third-order valence-electron chi connectivity index (χ3n) is 6.48. The van der Waals surface area contributed by atoms with Crippen molar-refractivity contribution in [2.45, 2.75) is 43.0 Å². The zero-order valence-electron chi connectivity index (χ0n) is 20.5. The minimum Gasteiger partial charge on any atom is -0.465 e. The quantitative estimate of drug-likeness (QED) is 0.396. The summed E-state index contributed by atoms with van der Waals surface area (Å²) in [4.78, 5) is 32.1. The number of benzene rings is 1. The second-order valence-electron chi connectivity index (χ2n) is 9.32. The van der Waals surface area contributed by atoms with E-state index in [9.17, 15) is 27.0 Å². The third-order valence-corrected chi connectivity index (χ3v) is 7.38. The van der Waals surface area contributed by atoms with Gasteiger partial charge in [-0.05, 0) is 67.0 Å². The second-order valence-corrected chi connectivity index (χ2v) is 10.7. The van der Waals surface area contributed by atoms with E-state index in [-0.39, 0.29) is 28.5 Å². The fraction of sp³-hybridized carbons (Fsp3) is 0.308. The van der Waals surface area contributed by atoms with Crippen molar-refractivity contribution in [1.29, 1.82) is 0 Å². The Morgan fingerprint density at radius 2 is 1.76 bits per heavy atom. The van der Waals surface area contributed by atoms with Crippen LogP contribution in [0.2, 0.25) is 0 Å². The topological polar surface area (TPSA) is 121 Å². The third kappa shape index (κ3) is 6.01. The number of halogens is 3. The van der Waals surface area contributed by atoms with Crippen molar-refractivity contribution in [3.05, 3.63) is 71.4 Å². The van der Waals surface area contributed by atoms with Crippen molar-refractivity contribution in [1.82, 2.24) is 15.3 Å². The van der Waals surface area contributed by atoms with E-state index in [0.717, 1.165) is 36.2 Å². The molecule has 3 N–H and O–H groups in total. The number of amides is 2. The Hall–Kier alpha value is -3.80. The minimum absolute atomic E-state index is 0.0727. The molecule has 38 heavy (non-hydrogen) atoms. The van der Waals surface area contributed by atoms with Gasteiger partial charge in [0.15, 0.2) is 0 Å². The number of nitrogens with zero attached hydrogens (tertiary/aromatic N) is 2. The van der Waals surface area contributed by atoms with Crippen LogP contribution in [0.25, 0.3) is 11.3 Å². The molecule has 1 unspecified atom stereocenters. The van der Waals surface area contributed by atoms with E-state index in [0.29, 0.717) is 18.5 Å². The smallest absolute Gasteiger partial charge is 0.404 e. The van der Waals surface area contributed by atoms with Crippen molar-refractivity contribution in [2.24, 2.45) is 5.92 Å². The highest BCUT2D eigenvalue weighted by molar-refractivity contribution is 7.84. The summed E-state index contributed by atoms with van der Waals surface area (Å²) < 4.78 is 55.6. The lowest BCUT2D eigenvalue weighted by atomic mass is 9.76. The first-order chi connectivity index (χ1) is 18.0. The lowest BCUT2D eigenvalue weighted by molar-refractivity contribution is 0.102. The van der Waals surface area contributed by atoms with Crippen LogP contribution in [0, 0.1) is 23.4 Å². The van der Waals surface area contributed by atoms with Gasteiger partial charge in [0.05, 0.1) is 17.4 Å². The summed E-state index contributed by atoms with van der Waals surface area (Å²) in [6.07, 6.45) is 5.15. The van der Waals surface area contributed by atoms with E-state index < -0.39 is 51.5 Å². The normalized spacial score (nSPS) is 20.0. The van der Waals surface area contributed by atoms with Crippen LogP contribution in [0.5, 0.6) is 0 Å². The molecule has 0 radical (unpaired) electrons. The Balaban J connectivity index is 1.62. The molecule has 1 aliphatic rings. The summed E-state index contributed by atoms with van der Waals surface area (Å²) >= 11 is 0. The van der Waals surface area contributed by atoms with Gasteiger partial charge in [-0.3, -0.25) is 14.0 Å². The predicted octanol–water partition coefficient (Wildman–Crippen LogP) is 5.09. The van der Waals surface area contributed by atoms with E-state index in [1.165, 1.54) is 12.5 Å². The van der Waals surface area contributed by atoms with Crippen LogP contribution in [-0.2, 0) is 10.8 Å². The van der Waals surface area contributed by atoms with Crippen LogP contribution in [0.1, 0.15) is 48.2 Å². The van der Waals surface area contributed by atoms with Gasteiger partial charge in [0, 0.05) is 34.2 Å². The first kappa shape index (κ1) is 27.2. The van der Waals surface area contributed by atoms with Crippen LogP contribution in [0.4, 0.5) is 23.7 Å². The van der Waals surface area contributed by atoms with E-state index in [2.05, 4.69) is 20.6 Å². The fourth-order valence-corrected chi connectivity index (χ4v) is 5.43. The molecule has 1 aliphatic carbocycles. The molecule has 8 nitrogen and oxygen atoms in total. The van der Waals surface area contributed by atoms with Gasteiger partial charge in [-0.1, -0.05) is 6.92 Å². The monoisotopic (exact) mass is 546 g/mol. The number of pyridine rings is 2. The summed E-state index contributed by atoms with van der Waals surface area (Å²) in [6, 6.07) is 5.14. The van der Waals surface area contributed by atoms with Crippen LogP contribution in [0.3, 0.4) is 0 Å². The van der Waals surface area contributed by atoms with Crippen molar-refractivity contribution in [3.63, 3.8) is 0 Å². The first-order valence-corrected chi connectivity index (χ1v) is 13.3. The van der Waals surface area contributed by atoms with E-state index in [4.69, 9.17) is 5.11 Å². The highest BCUT2D eigenvalue weighted by Crippen LogP contribution is 2.39. The summed E-state index contributed by atoms with van der Waals surface area (Å²) in [5.74, 6) is -3.97. The van der Waals surface area contributed by atoms with Gasteiger partial charge < -0.3 is 15.7 Å². The van der Waals surface area contributed by atoms with Gasteiger partial charge in [-0.15, -0.1) is 0 Å². The maximum Gasteiger partial charge on any atom is 0.404 e. The van der Waals surface area contributed by atoms with E-state index >= 15 is 0 Å². The molecule has 0 bridgehead atoms. The SMILES string of the molecule is C[C@@H]1CC(NC(=O)O)C[C@H](c2ccncc2NC(=O)c2ccc(F)c(-c3c(F)cc([S@](C)=O)cc3F)n2)C1. The predicted molar refractivity (Wildman–Crippen MR) is 135 cm³/mol. The Morgan fingerprint density at radius 1 is 1.05 bits per heavy atom. The van der Waals surface area contributed by atoms with E-state index in [1.807, 2.05) is 6.92 Å². The second kappa shape index (κ2) is 11.3. The van der Waals surface area contributed by atoms with Crippen LogP contribution in [-0.4, -0.2) is 43.6 Å². The van der Waals surface area contributed by atoms with Crippen molar-refractivity contribution in [3.8, 4) is 11.3 Å². The minimum atomic E-state index is -1.66. The molecule has 0 saturated heterocycles. The van der Waals surface area contributed by atoms with Crippen molar-refractivity contribution < 1.29 is 32.1 Å². The number of carboxylic acid groups (broad SMARTS) is 1. The molecule has 12 heteroatoms. The molecule has 4 rings (SSSR count). The summed E-state index contributed by atoms with van der Waals surface area (Å²) in [5.41, 5.74) is -0.650. The molecule has 2 heterocycles. The van der Waals surface area contributed by atoms with Gasteiger partial charge in [-0.25, -0.2) is 22.9 Å². The number of rotatable bonds is 6. The molecular weight excluding hydrogens is 521 g/mol. The highest BCUT2D eigenvalue weighted by Gasteiger charge is 2.30. The van der Waals surface area contributed by atoms with Crippen molar-refractivity contribution >= 4 is 28.5 Å². The fourth-order valence-electron chi connectivity index (χ4n) is 4.89. The number of aromatic nitrogens is 2. The average molecular weight is 547 g/mol. The Morgan fingerprint density at radius 3 is 2.42 bits per heavy atom. The summed E-state index contributed by atoms with van der Waals surface area (Å²) in [5, 5.41) is 14.4. The highest BCUT2D eigenvalue weighted by atomic mass is 32.2. The van der Waals surface area contributed by atoms with Crippen LogP contribution in [0.15, 0.2) is 47.6 Å². The Bertz CT molecular complexity index is 1400. The zero-order chi connectivity index (χ0) is 27.6.